The van der Waals surface area contributed by atoms with Crippen molar-refractivity contribution in [3.63, 3.8) is 0 Å². The maximum Gasteiger partial charge on any atom is 0.312 e. The number of imidazole rings is 1. The highest BCUT2D eigenvalue weighted by Gasteiger charge is 2.50. The second-order valence-corrected chi connectivity index (χ2v) is 15.4. The van der Waals surface area contributed by atoms with E-state index < -0.39 is 14.4 Å². The Morgan fingerprint density at radius 3 is 2.22 bits per heavy atom. The highest BCUT2D eigenvalue weighted by Crippen LogP contribution is 2.44. The van der Waals surface area contributed by atoms with Crippen LogP contribution in [0.25, 0.3) is 16.2 Å². The zero-order chi connectivity index (χ0) is 25.5. The van der Waals surface area contributed by atoms with Gasteiger partial charge >= 0.3 is 6.08 Å². The number of fused-ring (bicyclic) bond motifs is 1. The van der Waals surface area contributed by atoms with E-state index >= 15 is 4.39 Å². The van der Waals surface area contributed by atoms with Crippen LogP contribution in [0.15, 0.2) is 72.8 Å². The summed E-state index contributed by atoms with van der Waals surface area (Å²) in [5.74, 6) is -0.389. The van der Waals surface area contributed by atoms with Gasteiger partial charge in [-0.25, -0.2) is 9.37 Å². The van der Waals surface area contributed by atoms with E-state index in [9.17, 15) is 4.39 Å². The van der Waals surface area contributed by atoms with E-state index in [1.54, 1.807) is 0 Å². The molecule has 0 bridgehead atoms. The van der Waals surface area contributed by atoms with Crippen LogP contribution in [-0.2, 0) is 4.43 Å². The van der Waals surface area contributed by atoms with Crippen molar-refractivity contribution in [2.75, 3.05) is 12.3 Å². The molecule has 0 fully saturated rings. The minimum absolute atomic E-state index is 0.0770. The maximum absolute atomic E-state index is 15.2. The van der Waals surface area contributed by atoms with Crippen molar-refractivity contribution in [3.05, 3.63) is 78.9 Å². The molecule has 1 aliphatic heterocycles. The van der Waals surface area contributed by atoms with E-state index in [0.29, 0.717) is 11.6 Å². The summed E-state index contributed by atoms with van der Waals surface area (Å²) in [6.07, 6.45) is 0.626. The van der Waals surface area contributed by atoms with Crippen LogP contribution >= 0.6 is 11.8 Å². The molecule has 0 saturated carbocycles. The number of hydrogen-bond donors (Lipinski definition) is 1. The topological polar surface area (TPSA) is 78.9 Å². The number of nitrogens with zero attached hydrogens (tertiary/aromatic N) is 4. The second-order valence-electron chi connectivity index (χ2n) is 9.79. The number of rotatable bonds is 6. The largest absolute Gasteiger partial charge is 0.406 e. The van der Waals surface area contributed by atoms with E-state index in [1.807, 2.05) is 36.4 Å². The minimum Gasteiger partial charge on any atom is -0.406 e. The standard InChI is InChI=1S/C26H27F2N5OSSi/c1-26(2,3)36(18-10-6-4-7-11-18,19-12-8-5-9-13-19)34-15-17-14-20(27)24(35-17)33-16-30-21-22(29)31-25(28)32-23(21)33/h4-13,16-17H,14-15H2,1-3H3,(H2,29,31,32)/t17-/m0/s1. The van der Waals surface area contributed by atoms with Gasteiger partial charge in [-0.2, -0.15) is 14.4 Å². The normalized spacial score (nSPS) is 16.8. The van der Waals surface area contributed by atoms with Crippen LogP contribution in [-0.4, -0.2) is 39.7 Å². The summed E-state index contributed by atoms with van der Waals surface area (Å²) >= 11 is 1.35. The molecule has 0 radical (unpaired) electrons. The van der Waals surface area contributed by atoms with Crippen molar-refractivity contribution in [1.29, 1.82) is 0 Å². The van der Waals surface area contributed by atoms with Gasteiger partial charge in [-0.15, -0.1) is 0 Å². The third kappa shape index (κ3) is 4.23. The molecule has 0 saturated heterocycles. The van der Waals surface area contributed by atoms with Gasteiger partial charge in [-0.05, 0) is 15.4 Å². The van der Waals surface area contributed by atoms with Gasteiger partial charge in [0.15, 0.2) is 17.0 Å². The molecule has 6 nitrogen and oxygen atoms in total. The van der Waals surface area contributed by atoms with Crippen LogP contribution in [0.4, 0.5) is 14.6 Å². The Morgan fingerprint density at radius 2 is 1.64 bits per heavy atom. The Bertz CT molecular complexity index is 1380. The molecule has 4 aromatic rings. The lowest BCUT2D eigenvalue weighted by molar-refractivity contribution is 0.295. The Balaban J connectivity index is 1.46. The van der Waals surface area contributed by atoms with Crippen molar-refractivity contribution < 1.29 is 13.2 Å². The smallest absolute Gasteiger partial charge is 0.312 e. The second kappa shape index (κ2) is 9.42. The van der Waals surface area contributed by atoms with Gasteiger partial charge in [0, 0.05) is 18.3 Å². The molecule has 0 amide bonds. The summed E-state index contributed by atoms with van der Waals surface area (Å²) in [4.78, 5) is 11.5. The fourth-order valence-corrected chi connectivity index (χ4v) is 10.7. The molecule has 1 aliphatic rings. The first-order chi connectivity index (χ1) is 17.2. The predicted molar refractivity (Wildman–Crippen MR) is 144 cm³/mol. The number of thioether (sulfide) groups is 1. The van der Waals surface area contributed by atoms with E-state index in [4.69, 9.17) is 10.2 Å². The third-order valence-electron chi connectivity index (χ3n) is 6.43. The number of nitrogen functional groups attached to an aromatic ring is 1. The first kappa shape index (κ1) is 24.6. The molecule has 2 aromatic carbocycles. The predicted octanol–water partition coefficient (Wildman–Crippen LogP) is 4.73. The number of halogens is 2. The third-order valence-corrected chi connectivity index (χ3v) is 12.7. The number of benzene rings is 2. The Morgan fingerprint density at radius 1 is 1.03 bits per heavy atom. The zero-order valence-corrected chi connectivity index (χ0v) is 22.1. The molecule has 36 heavy (non-hydrogen) atoms. The van der Waals surface area contributed by atoms with Gasteiger partial charge in [0.2, 0.25) is 0 Å². The molecule has 0 aliphatic carbocycles. The highest BCUT2D eigenvalue weighted by atomic mass is 32.2. The number of aromatic nitrogens is 4. The van der Waals surface area contributed by atoms with Gasteiger partial charge in [-0.1, -0.05) is 93.2 Å². The van der Waals surface area contributed by atoms with Crippen LogP contribution in [0.5, 0.6) is 0 Å². The quantitative estimate of drug-likeness (QED) is 0.291. The molecule has 1 atom stereocenters. The van der Waals surface area contributed by atoms with Crippen LogP contribution in [0, 0.1) is 6.08 Å². The molecular weight excluding hydrogens is 496 g/mol. The van der Waals surface area contributed by atoms with Crippen molar-refractivity contribution in [1.82, 2.24) is 19.5 Å². The number of anilines is 1. The summed E-state index contributed by atoms with van der Waals surface area (Å²) in [6.45, 7) is 6.98. The molecule has 3 heterocycles. The van der Waals surface area contributed by atoms with Gasteiger partial charge in [0.25, 0.3) is 8.32 Å². The average Bonchev–Trinajstić information content (AvgIpc) is 3.43. The van der Waals surface area contributed by atoms with E-state index in [-0.39, 0.29) is 39.5 Å². The van der Waals surface area contributed by atoms with E-state index in [2.05, 4.69) is 60.0 Å². The van der Waals surface area contributed by atoms with Gasteiger partial charge in [-0.3, -0.25) is 4.57 Å². The first-order valence-electron chi connectivity index (χ1n) is 11.7. The van der Waals surface area contributed by atoms with Crippen LogP contribution in [0.3, 0.4) is 0 Å². The van der Waals surface area contributed by atoms with E-state index in [1.165, 1.54) is 33.0 Å². The SMILES string of the molecule is CC(C)(C)[Si](OC[C@@H]1CC(F)=C(n2cnc3c(N)nc(F)nc32)S1)(c1ccccc1)c1ccccc1. The lowest BCUT2D eigenvalue weighted by atomic mass is 10.2. The summed E-state index contributed by atoms with van der Waals surface area (Å²) in [7, 11) is -2.75. The fourth-order valence-electron chi connectivity index (χ4n) is 4.85. The molecule has 0 spiro atoms. The molecular formula is C26H27F2N5OSSi. The van der Waals surface area contributed by atoms with Gasteiger partial charge in [0.05, 0.1) is 0 Å². The van der Waals surface area contributed by atoms with Crippen molar-refractivity contribution in [2.24, 2.45) is 0 Å². The maximum atomic E-state index is 15.2. The Kier molecular flexibility index (Phi) is 6.44. The summed E-state index contributed by atoms with van der Waals surface area (Å²) in [5, 5.41) is 2.32. The van der Waals surface area contributed by atoms with Crippen molar-refractivity contribution in [2.45, 2.75) is 37.5 Å². The monoisotopic (exact) mass is 523 g/mol. The molecule has 186 valence electrons. The molecule has 2 N–H and O–H groups in total. The number of hydrogen-bond acceptors (Lipinski definition) is 6. The zero-order valence-electron chi connectivity index (χ0n) is 20.3. The van der Waals surface area contributed by atoms with Crippen molar-refractivity contribution in [3.8, 4) is 0 Å². The van der Waals surface area contributed by atoms with Crippen LogP contribution < -0.4 is 16.1 Å². The average molecular weight is 524 g/mol. The Labute approximate surface area is 213 Å². The van der Waals surface area contributed by atoms with Gasteiger partial charge < -0.3 is 10.2 Å². The lowest BCUT2D eigenvalue weighted by Gasteiger charge is -2.43. The fraction of sp³-hybridized carbons (Fsp3) is 0.269. The molecule has 0 unspecified atom stereocenters. The lowest BCUT2D eigenvalue weighted by Crippen LogP contribution is -2.67. The van der Waals surface area contributed by atoms with Crippen LogP contribution in [0.1, 0.15) is 27.2 Å². The molecule has 10 heteroatoms. The molecule has 5 rings (SSSR count). The van der Waals surface area contributed by atoms with Gasteiger partial charge in [0.1, 0.15) is 17.2 Å². The first-order valence-corrected chi connectivity index (χ1v) is 14.5. The summed E-state index contributed by atoms with van der Waals surface area (Å²) in [6, 6.07) is 20.7. The highest BCUT2D eigenvalue weighted by molar-refractivity contribution is 8.08. The number of nitrogens with two attached hydrogens (primary N) is 1. The summed E-state index contributed by atoms with van der Waals surface area (Å²) in [5.41, 5.74) is 6.16. The van der Waals surface area contributed by atoms with Crippen molar-refractivity contribution >= 4 is 52.5 Å². The van der Waals surface area contributed by atoms with Crippen LogP contribution in [0.2, 0.25) is 5.04 Å². The molecule has 2 aromatic heterocycles. The summed E-state index contributed by atoms with van der Waals surface area (Å²) < 4.78 is 37.5. The Hall–Kier alpha value is -3.08. The minimum atomic E-state index is -2.75. The van der Waals surface area contributed by atoms with E-state index in [0.717, 1.165) is 0 Å². The number of allylic oxidation sites excluding steroid dienone is 1.